The second-order valence-corrected chi connectivity index (χ2v) is 6.02. The van der Waals surface area contributed by atoms with E-state index in [4.69, 9.17) is 10.2 Å². The van der Waals surface area contributed by atoms with Gasteiger partial charge in [0, 0.05) is 6.61 Å². The Kier molecular flexibility index (Phi) is 8.34. The van der Waals surface area contributed by atoms with Crippen molar-refractivity contribution in [2.24, 2.45) is 5.73 Å². The monoisotopic (exact) mass is 175 g/mol. The van der Waals surface area contributed by atoms with Crippen LogP contribution in [0.25, 0.3) is 0 Å². The topological polar surface area (TPSA) is 35.2 Å². The summed E-state index contributed by atoms with van der Waals surface area (Å²) < 4.78 is 5.73. The molecule has 68 valence electrons. The fourth-order valence-corrected chi connectivity index (χ4v) is 2.57. The zero-order chi connectivity index (χ0) is 8.53. The Bertz CT molecular complexity index is 76.5. The number of hydrogen-bond acceptors (Lipinski definition) is 2. The molecule has 0 aromatic rings. The highest BCUT2D eigenvalue weighted by Crippen LogP contribution is 2.00. The van der Waals surface area contributed by atoms with Gasteiger partial charge in [0.25, 0.3) is 0 Å². The molecule has 3 heteroatoms. The van der Waals surface area contributed by atoms with E-state index in [-0.39, 0.29) is 0 Å². The first-order chi connectivity index (χ1) is 5.35. The summed E-state index contributed by atoms with van der Waals surface area (Å²) in [5.74, 6) is 0. The summed E-state index contributed by atoms with van der Waals surface area (Å²) in [5.41, 5.74) is 5.37. The maximum atomic E-state index is 5.73. The van der Waals surface area contributed by atoms with Crippen LogP contribution in [-0.4, -0.2) is 22.2 Å². The van der Waals surface area contributed by atoms with Gasteiger partial charge in [-0.25, -0.2) is 0 Å². The van der Waals surface area contributed by atoms with Gasteiger partial charge in [-0.3, -0.25) is 0 Å². The molecule has 0 aliphatic rings. The quantitative estimate of drug-likeness (QED) is 0.470. The molecule has 0 spiro atoms. The van der Waals surface area contributed by atoms with E-state index < -0.39 is 9.04 Å². The van der Waals surface area contributed by atoms with E-state index in [0.29, 0.717) is 0 Å². The zero-order valence-electron chi connectivity index (χ0n) is 7.81. The van der Waals surface area contributed by atoms with Gasteiger partial charge in [-0.2, -0.15) is 0 Å². The van der Waals surface area contributed by atoms with E-state index in [1.54, 1.807) is 0 Å². The average molecular weight is 175 g/mol. The van der Waals surface area contributed by atoms with Gasteiger partial charge in [-0.15, -0.1) is 0 Å². The molecule has 0 fully saturated rings. The van der Waals surface area contributed by atoms with Crippen LogP contribution in [0.15, 0.2) is 0 Å². The molecule has 0 bridgehead atoms. The van der Waals surface area contributed by atoms with E-state index in [2.05, 4.69) is 13.8 Å². The normalized spacial score (nSPS) is 10.9. The SMILES string of the molecule is CC[SiH](CC)OCCCCN. The summed E-state index contributed by atoms with van der Waals surface area (Å²) in [7, 11) is -0.776. The minimum Gasteiger partial charge on any atom is -0.420 e. The maximum Gasteiger partial charge on any atom is 0.176 e. The molecule has 2 nitrogen and oxygen atoms in total. The first kappa shape index (κ1) is 11.1. The first-order valence-corrected chi connectivity index (χ1v) is 6.77. The van der Waals surface area contributed by atoms with E-state index in [1.807, 2.05) is 0 Å². The Morgan fingerprint density at radius 3 is 2.27 bits per heavy atom. The fourth-order valence-electron chi connectivity index (χ4n) is 1.02. The smallest absolute Gasteiger partial charge is 0.176 e. The number of hydrogen-bond donors (Lipinski definition) is 1. The van der Waals surface area contributed by atoms with Crippen LogP contribution in [0.5, 0.6) is 0 Å². The predicted molar refractivity (Wildman–Crippen MR) is 52.4 cm³/mol. The maximum absolute atomic E-state index is 5.73. The van der Waals surface area contributed by atoms with Gasteiger partial charge in [-0.1, -0.05) is 13.8 Å². The number of unbranched alkanes of at least 4 members (excludes halogenated alkanes) is 1. The van der Waals surface area contributed by atoms with Crippen molar-refractivity contribution in [2.75, 3.05) is 13.2 Å². The van der Waals surface area contributed by atoms with Crippen LogP contribution in [0.2, 0.25) is 12.1 Å². The summed E-state index contributed by atoms with van der Waals surface area (Å²) in [5, 5.41) is 0. The zero-order valence-corrected chi connectivity index (χ0v) is 8.96. The molecule has 0 aliphatic heterocycles. The molecule has 2 N–H and O–H groups in total. The molecule has 0 unspecified atom stereocenters. The fraction of sp³-hybridized carbons (Fsp3) is 1.00. The van der Waals surface area contributed by atoms with Crippen LogP contribution in [-0.2, 0) is 4.43 Å². The summed E-state index contributed by atoms with van der Waals surface area (Å²) in [6.45, 7) is 6.19. The van der Waals surface area contributed by atoms with Gasteiger partial charge >= 0.3 is 0 Å². The van der Waals surface area contributed by atoms with Crippen molar-refractivity contribution in [3.05, 3.63) is 0 Å². The van der Waals surface area contributed by atoms with Gasteiger partial charge in [0.15, 0.2) is 9.04 Å². The van der Waals surface area contributed by atoms with Crippen molar-refractivity contribution in [3.63, 3.8) is 0 Å². The van der Waals surface area contributed by atoms with Gasteiger partial charge < -0.3 is 10.2 Å². The molecule has 0 radical (unpaired) electrons. The molecule has 0 heterocycles. The molecular formula is C8H21NOSi. The van der Waals surface area contributed by atoms with Gasteiger partial charge in [-0.05, 0) is 31.5 Å². The van der Waals surface area contributed by atoms with Gasteiger partial charge in [0.1, 0.15) is 0 Å². The lowest BCUT2D eigenvalue weighted by Crippen LogP contribution is -2.16. The molecule has 11 heavy (non-hydrogen) atoms. The minimum atomic E-state index is -0.776. The third-order valence-electron chi connectivity index (χ3n) is 1.86. The van der Waals surface area contributed by atoms with Crippen molar-refractivity contribution in [1.29, 1.82) is 0 Å². The summed E-state index contributed by atoms with van der Waals surface area (Å²) in [6.07, 6.45) is 2.24. The lowest BCUT2D eigenvalue weighted by molar-refractivity contribution is 0.309. The molecule has 0 saturated carbocycles. The molecule has 0 aromatic heterocycles. The lowest BCUT2D eigenvalue weighted by atomic mass is 10.3. The van der Waals surface area contributed by atoms with E-state index >= 15 is 0 Å². The Balaban J connectivity index is 3.07. The standard InChI is InChI=1S/C8H21NOSi/c1-3-11(4-2)10-8-6-5-7-9/h11H,3-9H2,1-2H3. The van der Waals surface area contributed by atoms with Crippen LogP contribution in [0.4, 0.5) is 0 Å². The number of nitrogens with two attached hydrogens (primary N) is 1. The van der Waals surface area contributed by atoms with Crippen LogP contribution in [0, 0.1) is 0 Å². The van der Waals surface area contributed by atoms with E-state index in [9.17, 15) is 0 Å². The van der Waals surface area contributed by atoms with Crippen molar-refractivity contribution in [2.45, 2.75) is 38.8 Å². The molecule has 0 amide bonds. The van der Waals surface area contributed by atoms with Crippen molar-refractivity contribution >= 4 is 9.04 Å². The molecule has 0 aromatic carbocycles. The Morgan fingerprint density at radius 2 is 1.82 bits per heavy atom. The third-order valence-corrected chi connectivity index (χ3v) is 4.39. The van der Waals surface area contributed by atoms with Crippen LogP contribution >= 0.6 is 0 Å². The molecule has 0 atom stereocenters. The predicted octanol–water partition coefficient (Wildman–Crippen LogP) is 1.51. The van der Waals surface area contributed by atoms with E-state index in [1.165, 1.54) is 12.1 Å². The van der Waals surface area contributed by atoms with E-state index in [0.717, 1.165) is 26.0 Å². The van der Waals surface area contributed by atoms with Crippen molar-refractivity contribution < 1.29 is 4.43 Å². The van der Waals surface area contributed by atoms with Crippen LogP contribution < -0.4 is 5.73 Å². The third kappa shape index (κ3) is 6.53. The lowest BCUT2D eigenvalue weighted by Gasteiger charge is -2.11. The second-order valence-electron chi connectivity index (χ2n) is 2.81. The largest absolute Gasteiger partial charge is 0.420 e. The Labute approximate surface area is 71.8 Å². The summed E-state index contributed by atoms with van der Waals surface area (Å²) in [6, 6.07) is 2.53. The highest BCUT2D eigenvalue weighted by molar-refractivity contribution is 6.51. The highest BCUT2D eigenvalue weighted by Gasteiger charge is 2.04. The average Bonchev–Trinajstić information content (AvgIpc) is 2.05. The highest BCUT2D eigenvalue weighted by atomic mass is 28.3. The van der Waals surface area contributed by atoms with Crippen LogP contribution in [0.1, 0.15) is 26.7 Å². The molecular weight excluding hydrogens is 154 g/mol. The first-order valence-electron chi connectivity index (χ1n) is 4.66. The molecule has 0 saturated heterocycles. The molecule has 0 aliphatic carbocycles. The Morgan fingerprint density at radius 1 is 1.18 bits per heavy atom. The minimum absolute atomic E-state index is 0.776. The van der Waals surface area contributed by atoms with Crippen molar-refractivity contribution in [1.82, 2.24) is 0 Å². The summed E-state index contributed by atoms with van der Waals surface area (Å²) in [4.78, 5) is 0. The van der Waals surface area contributed by atoms with Gasteiger partial charge in [0.2, 0.25) is 0 Å². The Hall–Kier alpha value is 0.137. The second kappa shape index (κ2) is 8.24. The number of rotatable bonds is 7. The summed E-state index contributed by atoms with van der Waals surface area (Å²) >= 11 is 0. The van der Waals surface area contributed by atoms with Crippen LogP contribution in [0.3, 0.4) is 0 Å². The van der Waals surface area contributed by atoms with Gasteiger partial charge in [0.05, 0.1) is 0 Å². The molecule has 0 rings (SSSR count). The van der Waals surface area contributed by atoms with Crippen molar-refractivity contribution in [3.8, 4) is 0 Å².